The fourth-order valence-corrected chi connectivity index (χ4v) is 1.89. The molecular weight excluding hydrogens is 258 g/mol. The van der Waals surface area contributed by atoms with Gasteiger partial charge in [-0.3, -0.25) is 4.79 Å². The van der Waals surface area contributed by atoms with Crippen molar-refractivity contribution in [3.8, 4) is 5.75 Å². The van der Waals surface area contributed by atoms with E-state index in [9.17, 15) is 9.59 Å². The molecule has 5 nitrogen and oxygen atoms in total. The van der Waals surface area contributed by atoms with Crippen LogP contribution in [-0.4, -0.2) is 24.6 Å². The van der Waals surface area contributed by atoms with Crippen LogP contribution in [0.25, 0.3) is 5.57 Å². The predicted molar refractivity (Wildman–Crippen MR) is 75.4 cm³/mol. The first-order valence-corrected chi connectivity index (χ1v) is 6.24. The molecule has 0 fully saturated rings. The lowest BCUT2D eigenvalue weighted by molar-refractivity contribution is -0.148. The summed E-state index contributed by atoms with van der Waals surface area (Å²) in [5.74, 6) is -0.215. The smallest absolute Gasteiger partial charge is 0.332 e. The molecule has 1 aromatic rings. The van der Waals surface area contributed by atoms with Crippen LogP contribution in [0.5, 0.6) is 5.75 Å². The number of rotatable bonds is 2. The van der Waals surface area contributed by atoms with Crippen LogP contribution in [0.15, 0.2) is 24.3 Å². The third-order valence-electron chi connectivity index (χ3n) is 2.68. The topological polar surface area (TPSA) is 64.6 Å². The van der Waals surface area contributed by atoms with Gasteiger partial charge >= 0.3 is 5.97 Å². The second-order valence-electron chi connectivity index (χ2n) is 5.46. The van der Waals surface area contributed by atoms with Gasteiger partial charge in [0, 0.05) is 17.7 Å². The normalized spacial score (nSPS) is 15.8. The molecule has 2 rings (SSSR count). The van der Waals surface area contributed by atoms with Gasteiger partial charge in [-0.2, -0.15) is 0 Å². The number of hydrogen-bond acceptors (Lipinski definition) is 4. The van der Waals surface area contributed by atoms with Gasteiger partial charge in [0.1, 0.15) is 11.4 Å². The zero-order chi connectivity index (χ0) is 14.9. The second kappa shape index (κ2) is 5.00. The van der Waals surface area contributed by atoms with E-state index < -0.39 is 11.6 Å². The Kier molecular flexibility index (Phi) is 3.53. The molecule has 0 saturated carbocycles. The molecular formula is C15H17NO4. The van der Waals surface area contributed by atoms with Crippen molar-refractivity contribution in [3.63, 3.8) is 0 Å². The summed E-state index contributed by atoms with van der Waals surface area (Å²) >= 11 is 0. The Morgan fingerprint density at radius 1 is 1.30 bits per heavy atom. The maximum absolute atomic E-state index is 11.9. The third kappa shape index (κ3) is 2.99. The molecule has 20 heavy (non-hydrogen) atoms. The maximum Gasteiger partial charge on any atom is 0.332 e. The quantitative estimate of drug-likeness (QED) is 0.665. The van der Waals surface area contributed by atoms with Gasteiger partial charge in [-0.05, 0) is 32.9 Å². The van der Waals surface area contributed by atoms with E-state index in [1.54, 1.807) is 46.1 Å². The molecule has 0 unspecified atom stereocenters. The molecule has 1 heterocycles. The van der Waals surface area contributed by atoms with E-state index in [1.807, 2.05) is 0 Å². The summed E-state index contributed by atoms with van der Waals surface area (Å²) in [5, 5.41) is 2.70. The van der Waals surface area contributed by atoms with Crippen LogP contribution in [0, 0.1) is 0 Å². The van der Waals surface area contributed by atoms with Crippen molar-refractivity contribution in [2.24, 2.45) is 0 Å². The number of hydrogen-bond donors (Lipinski definition) is 1. The van der Waals surface area contributed by atoms with E-state index in [1.165, 1.54) is 6.08 Å². The van der Waals surface area contributed by atoms with Crippen molar-refractivity contribution >= 4 is 23.1 Å². The number of methoxy groups -OCH3 is 1. The van der Waals surface area contributed by atoms with E-state index in [4.69, 9.17) is 9.47 Å². The second-order valence-corrected chi connectivity index (χ2v) is 5.46. The SMILES string of the molecule is COc1ccc2c(c1)NC(=O)/C2=C/C(=O)OC(C)(C)C. The van der Waals surface area contributed by atoms with Crippen LogP contribution in [0.2, 0.25) is 0 Å². The first-order valence-electron chi connectivity index (χ1n) is 6.24. The minimum Gasteiger partial charge on any atom is -0.497 e. The van der Waals surface area contributed by atoms with E-state index in [2.05, 4.69) is 5.32 Å². The molecule has 0 atom stereocenters. The fraction of sp³-hybridized carbons (Fsp3) is 0.333. The van der Waals surface area contributed by atoms with Gasteiger partial charge in [0.05, 0.1) is 18.4 Å². The monoisotopic (exact) mass is 275 g/mol. The van der Waals surface area contributed by atoms with Gasteiger partial charge < -0.3 is 14.8 Å². The molecule has 0 spiro atoms. The molecule has 1 N–H and O–H groups in total. The molecule has 1 aliphatic heterocycles. The number of anilines is 1. The van der Waals surface area contributed by atoms with Crippen LogP contribution >= 0.6 is 0 Å². The van der Waals surface area contributed by atoms with Crippen LogP contribution < -0.4 is 10.1 Å². The standard InChI is InChI=1S/C15H17NO4/c1-15(2,3)20-13(17)8-11-10-6-5-9(19-4)7-12(10)16-14(11)18/h5-8H,1-4H3,(H,16,18)/b11-8+. The summed E-state index contributed by atoms with van der Waals surface area (Å²) in [6.07, 6.45) is 1.22. The summed E-state index contributed by atoms with van der Waals surface area (Å²) in [5.41, 5.74) is 1.01. The van der Waals surface area contributed by atoms with Gasteiger partial charge in [-0.15, -0.1) is 0 Å². The zero-order valence-corrected chi connectivity index (χ0v) is 11.9. The molecule has 0 aromatic heterocycles. The van der Waals surface area contributed by atoms with E-state index in [0.29, 0.717) is 22.6 Å². The number of fused-ring (bicyclic) bond motifs is 1. The summed E-state index contributed by atoms with van der Waals surface area (Å²) in [6, 6.07) is 5.19. The number of ether oxygens (including phenoxy) is 2. The van der Waals surface area contributed by atoms with Gasteiger partial charge in [-0.25, -0.2) is 4.79 Å². The van der Waals surface area contributed by atoms with Gasteiger partial charge in [-0.1, -0.05) is 0 Å². The minimum atomic E-state index is -0.591. The van der Waals surface area contributed by atoms with Crippen molar-refractivity contribution in [2.45, 2.75) is 26.4 Å². The molecule has 0 aliphatic carbocycles. The largest absolute Gasteiger partial charge is 0.497 e. The zero-order valence-electron chi connectivity index (χ0n) is 11.9. The number of esters is 1. The Morgan fingerprint density at radius 2 is 2.00 bits per heavy atom. The third-order valence-corrected chi connectivity index (χ3v) is 2.68. The Bertz CT molecular complexity index is 596. The molecule has 106 valence electrons. The Morgan fingerprint density at radius 3 is 2.60 bits per heavy atom. The van der Waals surface area contributed by atoms with Crippen LogP contribution in [0.1, 0.15) is 26.3 Å². The van der Waals surface area contributed by atoms with E-state index >= 15 is 0 Å². The average molecular weight is 275 g/mol. The number of nitrogens with one attached hydrogen (secondary N) is 1. The summed E-state index contributed by atoms with van der Waals surface area (Å²) in [6.45, 7) is 5.32. The van der Waals surface area contributed by atoms with Crippen molar-refractivity contribution in [1.29, 1.82) is 0 Å². The molecule has 1 amide bonds. The Hall–Kier alpha value is -2.30. The highest BCUT2D eigenvalue weighted by Crippen LogP contribution is 2.34. The van der Waals surface area contributed by atoms with Crippen molar-refractivity contribution in [1.82, 2.24) is 0 Å². The van der Waals surface area contributed by atoms with Gasteiger partial charge in [0.25, 0.3) is 5.91 Å². The highest BCUT2D eigenvalue weighted by molar-refractivity contribution is 6.33. The Labute approximate surface area is 117 Å². The molecule has 1 aromatic carbocycles. The van der Waals surface area contributed by atoms with Crippen molar-refractivity contribution in [3.05, 3.63) is 29.8 Å². The maximum atomic E-state index is 11.9. The fourth-order valence-electron chi connectivity index (χ4n) is 1.89. The lowest BCUT2D eigenvalue weighted by Crippen LogP contribution is -2.23. The molecule has 1 aliphatic rings. The van der Waals surface area contributed by atoms with Crippen molar-refractivity contribution in [2.75, 3.05) is 12.4 Å². The lowest BCUT2D eigenvalue weighted by Gasteiger charge is -2.18. The molecule has 0 bridgehead atoms. The van der Waals surface area contributed by atoms with E-state index in [0.717, 1.165) is 0 Å². The van der Waals surface area contributed by atoms with Gasteiger partial charge in [0.2, 0.25) is 0 Å². The van der Waals surface area contributed by atoms with Crippen LogP contribution in [0.3, 0.4) is 0 Å². The highest BCUT2D eigenvalue weighted by Gasteiger charge is 2.26. The van der Waals surface area contributed by atoms with Crippen LogP contribution in [-0.2, 0) is 14.3 Å². The molecule has 0 radical (unpaired) electrons. The van der Waals surface area contributed by atoms with E-state index in [-0.39, 0.29) is 5.91 Å². The van der Waals surface area contributed by atoms with Crippen molar-refractivity contribution < 1.29 is 19.1 Å². The lowest BCUT2D eigenvalue weighted by atomic mass is 10.1. The number of carbonyl (C=O) groups excluding carboxylic acids is 2. The molecule has 5 heteroatoms. The first kappa shape index (κ1) is 14.1. The highest BCUT2D eigenvalue weighted by atomic mass is 16.6. The first-order chi connectivity index (χ1) is 9.30. The minimum absolute atomic E-state index is 0.303. The average Bonchev–Trinajstić information content (AvgIpc) is 2.62. The number of amides is 1. The summed E-state index contributed by atoms with van der Waals surface area (Å²) in [4.78, 5) is 23.7. The van der Waals surface area contributed by atoms with Crippen LogP contribution in [0.4, 0.5) is 5.69 Å². The summed E-state index contributed by atoms with van der Waals surface area (Å²) in [7, 11) is 1.55. The Balaban J connectivity index is 2.31. The number of benzene rings is 1. The predicted octanol–water partition coefficient (Wildman–Crippen LogP) is 2.37. The number of carbonyl (C=O) groups is 2. The van der Waals surface area contributed by atoms with Gasteiger partial charge in [0.15, 0.2) is 0 Å². The summed E-state index contributed by atoms with van der Waals surface area (Å²) < 4.78 is 10.3. The molecule has 0 saturated heterocycles.